The van der Waals surface area contributed by atoms with E-state index in [2.05, 4.69) is 30.0 Å². The molecule has 1 aliphatic heterocycles. The number of anilines is 1. The van der Waals surface area contributed by atoms with Crippen molar-refractivity contribution in [2.45, 2.75) is 32.4 Å². The molecule has 0 saturated carbocycles. The fraction of sp³-hybridized carbons (Fsp3) is 0.321. The van der Waals surface area contributed by atoms with Crippen LogP contribution < -0.4 is 14.4 Å². The Balaban J connectivity index is 1.50. The molecule has 0 unspecified atom stereocenters. The minimum Gasteiger partial charge on any atom is -0.497 e. The van der Waals surface area contributed by atoms with Crippen molar-refractivity contribution in [2.75, 3.05) is 32.2 Å². The second kappa shape index (κ2) is 10.5. The number of likely N-dealkylation sites (tertiary alicyclic amines) is 1. The van der Waals surface area contributed by atoms with Crippen molar-refractivity contribution in [1.82, 2.24) is 4.90 Å². The van der Waals surface area contributed by atoms with E-state index in [0.717, 1.165) is 66.4 Å². The highest BCUT2D eigenvalue weighted by Gasteiger charge is 2.30. The molecule has 0 atom stereocenters. The number of rotatable bonds is 7. The molecule has 3 aromatic carbocycles. The Bertz CT molecular complexity index is 1080. The summed E-state index contributed by atoms with van der Waals surface area (Å²) in [5, 5.41) is 0. The lowest BCUT2D eigenvalue weighted by Gasteiger charge is -2.39. The van der Waals surface area contributed by atoms with Gasteiger partial charge in [0.2, 0.25) is 0 Å². The second-order valence-corrected chi connectivity index (χ2v) is 8.57. The van der Waals surface area contributed by atoms with Crippen molar-refractivity contribution >= 4 is 11.6 Å². The minimum absolute atomic E-state index is 0.0662. The van der Waals surface area contributed by atoms with Gasteiger partial charge in [-0.1, -0.05) is 36.4 Å². The van der Waals surface area contributed by atoms with Gasteiger partial charge in [0.15, 0.2) is 0 Å². The van der Waals surface area contributed by atoms with E-state index < -0.39 is 0 Å². The third-order valence-corrected chi connectivity index (χ3v) is 6.33. The molecular weight excluding hydrogens is 412 g/mol. The highest BCUT2D eigenvalue weighted by Crippen LogP contribution is 2.30. The Kier molecular flexibility index (Phi) is 7.30. The fourth-order valence-electron chi connectivity index (χ4n) is 4.55. The Hall–Kier alpha value is -3.31. The highest BCUT2D eigenvalue weighted by molar-refractivity contribution is 6.06. The van der Waals surface area contributed by atoms with Crippen LogP contribution in [0, 0.1) is 6.92 Å². The van der Waals surface area contributed by atoms with Crippen molar-refractivity contribution in [3.63, 3.8) is 0 Å². The van der Waals surface area contributed by atoms with E-state index >= 15 is 0 Å². The first kappa shape index (κ1) is 22.9. The first-order valence-corrected chi connectivity index (χ1v) is 11.5. The van der Waals surface area contributed by atoms with Crippen molar-refractivity contribution in [2.24, 2.45) is 0 Å². The van der Waals surface area contributed by atoms with Crippen LogP contribution in [0.4, 0.5) is 5.69 Å². The van der Waals surface area contributed by atoms with Crippen LogP contribution >= 0.6 is 0 Å². The molecule has 172 valence electrons. The molecule has 5 nitrogen and oxygen atoms in total. The minimum atomic E-state index is 0.0662. The summed E-state index contributed by atoms with van der Waals surface area (Å²) in [6, 6.07) is 24.0. The van der Waals surface area contributed by atoms with Crippen molar-refractivity contribution in [3.8, 4) is 11.5 Å². The van der Waals surface area contributed by atoms with Gasteiger partial charge in [-0.2, -0.15) is 0 Å². The molecule has 0 spiro atoms. The summed E-state index contributed by atoms with van der Waals surface area (Å²) in [6.45, 7) is 4.73. The van der Waals surface area contributed by atoms with Gasteiger partial charge in [0, 0.05) is 48.6 Å². The molecule has 33 heavy (non-hydrogen) atoms. The molecule has 5 heteroatoms. The zero-order chi connectivity index (χ0) is 23.2. The van der Waals surface area contributed by atoms with Gasteiger partial charge >= 0.3 is 0 Å². The number of ether oxygens (including phenoxy) is 2. The molecule has 0 radical (unpaired) electrons. The predicted octanol–water partition coefficient (Wildman–Crippen LogP) is 5.32. The van der Waals surface area contributed by atoms with Crippen LogP contribution in [0.5, 0.6) is 11.5 Å². The van der Waals surface area contributed by atoms with Gasteiger partial charge in [-0.25, -0.2) is 0 Å². The highest BCUT2D eigenvalue weighted by atomic mass is 16.5. The predicted molar refractivity (Wildman–Crippen MR) is 132 cm³/mol. The molecule has 1 amide bonds. The number of carbonyl (C=O) groups is 1. The average molecular weight is 445 g/mol. The Morgan fingerprint density at radius 1 is 0.939 bits per heavy atom. The van der Waals surface area contributed by atoms with Crippen LogP contribution in [-0.4, -0.2) is 44.2 Å². The molecule has 1 fully saturated rings. The third-order valence-electron chi connectivity index (χ3n) is 6.33. The number of piperidine rings is 1. The molecule has 0 N–H and O–H groups in total. The quantitative estimate of drug-likeness (QED) is 0.494. The summed E-state index contributed by atoms with van der Waals surface area (Å²) in [7, 11) is 3.36. The summed E-state index contributed by atoms with van der Waals surface area (Å²) >= 11 is 0. The van der Waals surface area contributed by atoms with Gasteiger partial charge in [-0.15, -0.1) is 0 Å². The van der Waals surface area contributed by atoms with Crippen molar-refractivity contribution in [1.29, 1.82) is 0 Å². The van der Waals surface area contributed by atoms with E-state index in [0.29, 0.717) is 0 Å². The lowest BCUT2D eigenvalue weighted by Crippen LogP contribution is -2.47. The largest absolute Gasteiger partial charge is 0.497 e. The van der Waals surface area contributed by atoms with Gasteiger partial charge in [0.1, 0.15) is 11.5 Å². The number of hydrogen-bond donors (Lipinski definition) is 0. The maximum absolute atomic E-state index is 13.6. The lowest BCUT2D eigenvalue weighted by atomic mass is 9.99. The number of nitrogens with zero attached hydrogens (tertiary/aromatic N) is 2. The monoisotopic (exact) mass is 444 g/mol. The number of carbonyl (C=O) groups excluding carboxylic acids is 1. The Morgan fingerprint density at radius 3 is 2.36 bits per heavy atom. The maximum atomic E-state index is 13.6. The van der Waals surface area contributed by atoms with Gasteiger partial charge in [-0.05, 0) is 55.7 Å². The SMILES string of the molecule is COc1ccc(CN2CCC(N(C(=O)c3ccccc3)c3cccc(C)c3)CC2)c(OC)c1. The van der Waals surface area contributed by atoms with Gasteiger partial charge in [-0.3, -0.25) is 9.69 Å². The van der Waals surface area contributed by atoms with Crippen LogP contribution in [-0.2, 0) is 6.54 Å². The molecule has 0 bridgehead atoms. The summed E-state index contributed by atoms with van der Waals surface area (Å²) < 4.78 is 10.9. The van der Waals surface area contributed by atoms with Crippen LogP contribution in [0.3, 0.4) is 0 Å². The molecule has 1 heterocycles. The van der Waals surface area contributed by atoms with E-state index in [9.17, 15) is 4.79 Å². The van der Waals surface area contributed by atoms with E-state index in [-0.39, 0.29) is 11.9 Å². The van der Waals surface area contributed by atoms with Gasteiger partial charge < -0.3 is 14.4 Å². The van der Waals surface area contributed by atoms with Crippen LogP contribution in [0.15, 0.2) is 72.8 Å². The molecule has 3 aromatic rings. The van der Waals surface area contributed by atoms with E-state index in [1.807, 2.05) is 59.5 Å². The number of amides is 1. The first-order valence-electron chi connectivity index (χ1n) is 11.5. The van der Waals surface area contributed by atoms with E-state index in [1.54, 1.807) is 14.2 Å². The summed E-state index contributed by atoms with van der Waals surface area (Å²) in [5.74, 6) is 1.70. The molecule has 4 rings (SSSR count). The number of methoxy groups -OCH3 is 2. The summed E-state index contributed by atoms with van der Waals surface area (Å²) in [4.78, 5) is 18.0. The van der Waals surface area contributed by atoms with Crippen LogP contribution in [0.25, 0.3) is 0 Å². The number of aryl methyl sites for hydroxylation is 1. The number of hydrogen-bond acceptors (Lipinski definition) is 4. The molecule has 0 aromatic heterocycles. The lowest BCUT2D eigenvalue weighted by molar-refractivity contribution is 0.0958. The second-order valence-electron chi connectivity index (χ2n) is 8.57. The van der Waals surface area contributed by atoms with Gasteiger partial charge in [0.05, 0.1) is 14.2 Å². The molecule has 0 aliphatic carbocycles. The molecular formula is C28H32N2O3. The third kappa shape index (κ3) is 5.37. The van der Waals surface area contributed by atoms with Crippen molar-refractivity contribution < 1.29 is 14.3 Å². The summed E-state index contributed by atoms with van der Waals surface area (Å²) in [5.41, 5.74) is 4.00. The summed E-state index contributed by atoms with van der Waals surface area (Å²) in [6.07, 6.45) is 1.84. The van der Waals surface area contributed by atoms with Crippen LogP contribution in [0.2, 0.25) is 0 Å². The maximum Gasteiger partial charge on any atom is 0.258 e. The first-order chi connectivity index (χ1) is 16.1. The standard InChI is InChI=1S/C28H32N2O3/c1-21-8-7-11-25(18-21)30(28(31)22-9-5-4-6-10-22)24-14-16-29(17-15-24)20-23-12-13-26(32-2)19-27(23)33-3/h4-13,18-19,24H,14-17,20H2,1-3H3. The normalized spacial score (nSPS) is 14.6. The Labute approximate surface area is 196 Å². The zero-order valence-corrected chi connectivity index (χ0v) is 19.7. The van der Waals surface area contributed by atoms with Crippen LogP contribution in [0.1, 0.15) is 34.3 Å². The van der Waals surface area contributed by atoms with E-state index in [1.165, 1.54) is 0 Å². The van der Waals surface area contributed by atoms with E-state index in [4.69, 9.17) is 9.47 Å². The zero-order valence-electron chi connectivity index (χ0n) is 19.7. The molecule has 1 saturated heterocycles. The average Bonchev–Trinajstić information content (AvgIpc) is 2.86. The fourth-order valence-corrected chi connectivity index (χ4v) is 4.55. The topological polar surface area (TPSA) is 42.0 Å². The van der Waals surface area contributed by atoms with Crippen molar-refractivity contribution in [3.05, 3.63) is 89.5 Å². The number of benzene rings is 3. The molecule has 1 aliphatic rings. The van der Waals surface area contributed by atoms with Gasteiger partial charge in [0.25, 0.3) is 5.91 Å². The smallest absolute Gasteiger partial charge is 0.258 e. The Morgan fingerprint density at radius 2 is 1.70 bits per heavy atom.